The van der Waals surface area contributed by atoms with Crippen molar-refractivity contribution in [2.45, 2.75) is 63.1 Å². The fraction of sp³-hybridized carbons (Fsp3) is 0.632. The summed E-state index contributed by atoms with van der Waals surface area (Å²) in [5.74, 6) is 1.57. The summed E-state index contributed by atoms with van der Waals surface area (Å²) in [6.45, 7) is 4.21. The Morgan fingerprint density at radius 1 is 1.43 bits per heavy atom. The molecule has 4 atom stereocenters. The van der Waals surface area contributed by atoms with Crippen LogP contribution in [0.5, 0.6) is 11.5 Å². The zero-order valence-corrected chi connectivity index (χ0v) is 14.0. The lowest BCUT2D eigenvalue weighted by atomic mass is 9.49. The number of methoxy groups -OCH3 is 1. The number of ketones is 1. The standard InChI is InChI=1S/C19H24O4/c1-4-8-18-15-12-5-6-14(22-3)16(15)23-17(18)13(20)7-9-19(18,21)11(2)10-12/h5-6,11,17,21H,4,7-10H2,1-3H3. The second-order valence-electron chi connectivity index (χ2n) is 7.35. The number of Topliss-reactive ketones (excluding diaryl/α,β-unsaturated/α-hetero) is 1. The first-order chi connectivity index (χ1) is 11.0. The largest absolute Gasteiger partial charge is 0.493 e. The van der Waals surface area contributed by atoms with Gasteiger partial charge in [0.2, 0.25) is 0 Å². The van der Waals surface area contributed by atoms with Gasteiger partial charge >= 0.3 is 0 Å². The smallest absolute Gasteiger partial charge is 0.174 e. The summed E-state index contributed by atoms with van der Waals surface area (Å²) in [4.78, 5) is 12.7. The lowest BCUT2D eigenvalue weighted by Gasteiger charge is -2.56. The average Bonchev–Trinajstić information content (AvgIpc) is 2.89. The molecular weight excluding hydrogens is 292 g/mol. The molecular formula is C19H24O4. The minimum absolute atomic E-state index is 0.111. The van der Waals surface area contributed by atoms with Crippen LogP contribution in [0, 0.1) is 5.92 Å². The van der Waals surface area contributed by atoms with E-state index in [1.165, 1.54) is 5.56 Å². The van der Waals surface area contributed by atoms with Gasteiger partial charge in [0.05, 0.1) is 18.1 Å². The molecule has 4 heteroatoms. The average molecular weight is 316 g/mol. The second-order valence-corrected chi connectivity index (χ2v) is 7.35. The van der Waals surface area contributed by atoms with Gasteiger partial charge in [0.15, 0.2) is 23.4 Å². The third kappa shape index (κ3) is 1.58. The molecule has 4 unspecified atom stereocenters. The highest BCUT2D eigenvalue weighted by Gasteiger charge is 2.69. The van der Waals surface area contributed by atoms with E-state index < -0.39 is 17.1 Å². The molecule has 1 saturated carbocycles. The molecule has 4 nitrogen and oxygen atoms in total. The fourth-order valence-corrected chi connectivity index (χ4v) is 5.39. The molecule has 1 heterocycles. The van der Waals surface area contributed by atoms with Crippen molar-refractivity contribution in [3.05, 3.63) is 23.3 Å². The quantitative estimate of drug-likeness (QED) is 0.931. The molecule has 3 aliphatic rings. The molecule has 1 fully saturated rings. The van der Waals surface area contributed by atoms with E-state index in [0.717, 1.165) is 24.8 Å². The van der Waals surface area contributed by atoms with Crippen LogP contribution in [0.3, 0.4) is 0 Å². The third-order valence-electron chi connectivity index (χ3n) is 6.36. The van der Waals surface area contributed by atoms with Crippen LogP contribution in [0.4, 0.5) is 0 Å². The van der Waals surface area contributed by atoms with Crippen molar-refractivity contribution in [3.63, 3.8) is 0 Å². The topological polar surface area (TPSA) is 55.8 Å². The normalized spacial score (nSPS) is 37.3. The lowest BCUT2D eigenvalue weighted by Crippen LogP contribution is -2.67. The molecule has 0 amide bonds. The summed E-state index contributed by atoms with van der Waals surface area (Å²) in [5.41, 5.74) is 0.737. The number of hydrogen-bond donors (Lipinski definition) is 1. The van der Waals surface area contributed by atoms with Crippen LogP contribution in [0.1, 0.15) is 50.7 Å². The van der Waals surface area contributed by atoms with Crippen molar-refractivity contribution in [3.8, 4) is 11.5 Å². The number of benzene rings is 1. The van der Waals surface area contributed by atoms with Crippen LogP contribution in [-0.2, 0) is 16.6 Å². The predicted octanol–water partition coefficient (Wildman–Crippen LogP) is 2.78. The van der Waals surface area contributed by atoms with Crippen LogP contribution in [0.2, 0.25) is 0 Å². The summed E-state index contributed by atoms with van der Waals surface area (Å²) < 4.78 is 11.6. The van der Waals surface area contributed by atoms with Gasteiger partial charge in [0, 0.05) is 12.0 Å². The number of hydrogen-bond acceptors (Lipinski definition) is 4. The highest BCUT2D eigenvalue weighted by atomic mass is 16.5. The van der Waals surface area contributed by atoms with Gasteiger partial charge in [0.25, 0.3) is 0 Å². The van der Waals surface area contributed by atoms with Crippen LogP contribution < -0.4 is 9.47 Å². The maximum Gasteiger partial charge on any atom is 0.174 e. The highest BCUT2D eigenvalue weighted by Crippen LogP contribution is 2.64. The minimum Gasteiger partial charge on any atom is -0.493 e. The van der Waals surface area contributed by atoms with Crippen molar-refractivity contribution < 1.29 is 19.4 Å². The molecule has 0 aromatic heterocycles. The lowest BCUT2D eigenvalue weighted by molar-refractivity contribution is -0.164. The Bertz CT molecular complexity index is 682. The molecule has 0 radical (unpaired) electrons. The van der Waals surface area contributed by atoms with E-state index >= 15 is 0 Å². The summed E-state index contributed by atoms with van der Waals surface area (Å²) in [6.07, 6.45) is 2.83. The number of carbonyl (C=O) groups excluding carboxylic acids is 1. The number of rotatable bonds is 3. The van der Waals surface area contributed by atoms with Gasteiger partial charge in [-0.3, -0.25) is 4.79 Å². The molecule has 0 spiro atoms. The van der Waals surface area contributed by atoms with Crippen LogP contribution in [0.25, 0.3) is 0 Å². The van der Waals surface area contributed by atoms with E-state index in [9.17, 15) is 9.90 Å². The van der Waals surface area contributed by atoms with Gasteiger partial charge in [-0.1, -0.05) is 26.3 Å². The molecule has 1 aliphatic heterocycles. The van der Waals surface area contributed by atoms with Gasteiger partial charge in [-0.15, -0.1) is 0 Å². The maximum absolute atomic E-state index is 12.7. The molecule has 23 heavy (non-hydrogen) atoms. The van der Waals surface area contributed by atoms with Gasteiger partial charge in [-0.05, 0) is 36.8 Å². The maximum atomic E-state index is 12.7. The molecule has 124 valence electrons. The van der Waals surface area contributed by atoms with Crippen molar-refractivity contribution in [1.82, 2.24) is 0 Å². The van der Waals surface area contributed by atoms with E-state index in [-0.39, 0.29) is 11.7 Å². The van der Waals surface area contributed by atoms with Gasteiger partial charge in [-0.2, -0.15) is 0 Å². The van der Waals surface area contributed by atoms with E-state index in [4.69, 9.17) is 9.47 Å². The molecule has 1 aromatic rings. The first kappa shape index (κ1) is 15.0. The summed E-state index contributed by atoms with van der Waals surface area (Å²) in [5, 5.41) is 11.7. The SMILES string of the molecule is CCCC12c3c4ccc(OC)c3OC1C(=O)CCC2(O)C(C)C4. The summed E-state index contributed by atoms with van der Waals surface area (Å²) in [6, 6.07) is 4.00. The Morgan fingerprint density at radius 2 is 2.22 bits per heavy atom. The van der Waals surface area contributed by atoms with Crippen LogP contribution in [-0.4, -0.2) is 29.7 Å². The molecule has 0 bridgehead atoms. The Labute approximate surface area is 136 Å². The van der Waals surface area contributed by atoms with Crippen molar-refractivity contribution in [2.24, 2.45) is 5.92 Å². The minimum atomic E-state index is -0.883. The number of carbonyl (C=O) groups is 1. The summed E-state index contributed by atoms with van der Waals surface area (Å²) >= 11 is 0. The molecule has 4 rings (SSSR count). The molecule has 0 saturated heterocycles. The molecule has 1 N–H and O–H groups in total. The highest BCUT2D eigenvalue weighted by molar-refractivity contribution is 5.89. The van der Waals surface area contributed by atoms with E-state index in [1.54, 1.807) is 7.11 Å². The van der Waals surface area contributed by atoms with Crippen LogP contribution >= 0.6 is 0 Å². The second kappa shape index (κ2) is 4.73. The monoisotopic (exact) mass is 316 g/mol. The van der Waals surface area contributed by atoms with Crippen molar-refractivity contribution >= 4 is 5.78 Å². The Balaban J connectivity index is 2.06. The van der Waals surface area contributed by atoms with E-state index in [1.807, 2.05) is 6.07 Å². The van der Waals surface area contributed by atoms with Crippen molar-refractivity contribution in [2.75, 3.05) is 7.11 Å². The number of ether oxygens (including phenoxy) is 2. The zero-order chi connectivity index (χ0) is 16.4. The van der Waals surface area contributed by atoms with Gasteiger partial charge in [-0.25, -0.2) is 0 Å². The predicted molar refractivity (Wildman–Crippen MR) is 86.1 cm³/mol. The Kier molecular flexibility index (Phi) is 3.08. The van der Waals surface area contributed by atoms with Gasteiger partial charge in [0.1, 0.15) is 0 Å². The Morgan fingerprint density at radius 3 is 2.91 bits per heavy atom. The van der Waals surface area contributed by atoms with Gasteiger partial charge < -0.3 is 14.6 Å². The fourth-order valence-electron chi connectivity index (χ4n) is 5.39. The first-order valence-corrected chi connectivity index (χ1v) is 8.61. The molecule has 1 aromatic carbocycles. The van der Waals surface area contributed by atoms with E-state index in [2.05, 4.69) is 19.9 Å². The van der Waals surface area contributed by atoms with Crippen LogP contribution in [0.15, 0.2) is 12.1 Å². The Hall–Kier alpha value is -1.55. The third-order valence-corrected chi connectivity index (χ3v) is 6.36. The zero-order valence-electron chi connectivity index (χ0n) is 14.0. The van der Waals surface area contributed by atoms with E-state index in [0.29, 0.717) is 24.3 Å². The van der Waals surface area contributed by atoms with Crippen molar-refractivity contribution in [1.29, 1.82) is 0 Å². The first-order valence-electron chi connectivity index (χ1n) is 8.61. The number of aliphatic hydroxyl groups is 1. The summed E-state index contributed by atoms with van der Waals surface area (Å²) in [7, 11) is 1.62. The molecule has 2 aliphatic carbocycles.